The number of carbonyl (C=O) groups is 1. The van der Waals surface area contributed by atoms with Crippen LogP contribution in [0.5, 0.6) is 0 Å². The van der Waals surface area contributed by atoms with Crippen molar-refractivity contribution in [1.82, 2.24) is 4.90 Å². The lowest BCUT2D eigenvalue weighted by Gasteiger charge is -1.97. The highest BCUT2D eigenvalue weighted by molar-refractivity contribution is 5.45. The zero-order valence-corrected chi connectivity index (χ0v) is 8.82. The molecule has 1 amide bonds. The van der Waals surface area contributed by atoms with Gasteiger partial charge in [0.2, 0.25) is 6.41 Å². The summed E-state index contributed by atoms with van der Waals surface area (Å²) in [5.41, 5.74) is 0. The Bertz CT molecular complexity index is 90.9. The zero-order chi connectivity index (χ0) is 10.5. The van der Waals surface area contributed by atoms with Gasteiger partial charge in [-0.25, -0.2) is 0 Å². The van der Waals surface area contributed by atoms with Gasteiger partial charge in [0.05, 0.1) is 13.2 Å². The summed E-state index contributed by atoms with van der Waals surface area (Å²) in [6.07, 6.45) is 3.01. The normalized spacial score (nSPS) is 8.62. The Hall–Kier alpha value is -0.610. The van der Waals surface area contributed by atoms with Crippen molar-refractivity contribution in [2.45, 2.75) is 19.8 Å². The fourth-order valence-corrected chi connectivity index (χ4v) is 0.413. The van der Waals surface area contributed by atoms with Crippen LogP contribution in [0.3, 0.4) is 0 Å². The van der Waals surface area contributed by atoms with Crippen LogP contribution in [0.1, 0.15) is 19.8 Å². The topological polar surface area (TPSA) is 49.8 Å². The molecule has 0 rings (SSSR count). The van der Waals surface area contributed by atoms with E-state index in [1.54, 1.807) is 14.1 Å². The number of aliphatic hydroxyl groups is 1. The van der Waals surface area contributed by atoms with Crippen LogP contribution in [0.15, 0.2) is 0 Å². The Labute approximate surface area is 80.5 Å². The summed E-state index contributed by atoms with van der Waals surface area (Å²) < 4.78 is 4.97. The summed E-state index contributed by atoms with van der Waals surface area (Å²) in [6, 6.07) is 0. The van der Waals surface area contributed by atoms with Crippen LogP contribution in [-0.2, 0) is 9.53 Å². The van der Waals surface area contributed by atoms with Gasteiger partial charge in [-0.15, -0.1) is 0 Å². The molecule has 0 aromatic carbocycles. The molecule has 4 nitrogen and oxygen atoms in total. The largest absolute Gasteiger partial charge is 0.394 e. The number of amides is 1. The van der Waals surface area contributed by atoms with Crippen molar-refractivity contribution in [3.05, 3.63) is 0 Å². The lowest BCUT2D eigenvalue weighted by atomic mass is 10.4. The van der Waals surface area contributed by atoms with E-state index in [1.807, 2.05) is 0 Å². The minimum absolute atomic E-state index is 0.143. The highest BCUT2D eigenvalue weighted by Crippen LogP contribution is 1.85. The van der Waals surface area contributed by atoms with Gasteiger partial charge in [-0.1, -0.05) is 13.3 Å². The van der Waals surface area contributed by atoms with E-state index in [-0.39, 0.29) is 6.61 Å². The molecule has 0 bridgehead atoms. The molecular weight excluding hydrogens is 170 g/mol. The number of hydrogen-bond acceptors (Lipinski definition) is 3. The van der Waals surface area contributed by atoms with Gasteiger partial charge < -0.3 is 14.7 Å². The van der Waals surface area contributed by atoms with Gasteiger partial charge in [-0.05, 0) is 6.42 Å². The number of aliphatic hydroxyl groups excluding tert-OH is 1. The van der Waals surface area contributed by atoms with E-state index in [1.165, 1.54) is 4.90 Å². The summed E-state index contributed by atoms with van der Waals surface area (Å²) in [5, 5.41) is 8.24. The lowest BCUT2D eigenvalue weighted by Crippen LogP contribution is -2.06. The quantitative estimate of drug-likeness (QED) is 0.491. The molecule has 0 aliphatic heterocycles. The van der Waals surface area contributed by atoms with Gasteiger partial charge in [0.25, 0.3) is 0 Å². The van der Waals surface area contributed by atoms with Gasteiger partial charge >= 0.3 is 0 Å². The number of carbonyl (C=O) groups excluding carboxylic acids is 1. The number of hydrogen-bond donors (Lipinski definition) is 1. The molecule has 0 atom stereocenters. The van der Waals surface area contributed by atoms with Crippen LogP contribution in [0.25, 0.3) is 0 Å². The Morgan fingerprint density at radius 2 is 1.92 bits per heavy atom. The van der Waals surface area contributed by atoms with Crippen molar-refractivity contribution >= 4 is 6.41 Å². The maximum atomic E-state index is 9.43. The molecule has 0 fully saturated rings. The van der Waals surface area contributed by atoms with E-state index in [0.29, 0.717) is 6.61 Å². The summed E-state index contributed by atoms with van der Waals surface area (Å²) in [4.78, 5) is 10.9. The standard InChI is InChI=1S/C6H14O2.C3H7NO/c1-2-3-5-8-6-4-7;1-4(2)3-5/h7H,2-6H2,1H3;3H,1-2H3. The Balaban J connectivity index is 0. The number of ether oxygens (including phenoxy) is 1. The fraction of sp³-hybridized carbons (Fsp3) is 0.889. The van der Waals surface area contributed by atoms with Gasteiger partial charge in [0.15, 0.2) is 0 Å². The molecule has 4 heteroatoms. The monoisotopic (exact) mass is 191 g/mol. The lowest BCUT2D eigenvalue weighted by molar-refractivity contribution is -0.115. The third kappa shape index (κ3) is 24.6. The predicted molar refractivity (Wildman–Crippen MR) is 52.6 cm³/mol. The van der Waals surface area contributed by atoms with E-state index in [4.69, 9.17) is 9.84 Å². The van der Waals surface area contributed by atoms with E-state index in [0.717, 1.165) is 25.9 Å². The minimum atomic E-state index is 0.143. The van der Waals surface area contributed by atoms with Crippen LogP contribution >= 0.6 is 0 Å². The fourth-order valence-electron chi connectivity index (χ4n) is 0.413. The Morgan fingerprint density at radius 1 is 1.38 bits per heavy atom. The first kappa shape index (κ1) is 14.9. The summed E-state index contributed by atoms with van der Waals surface area (Å²) >= 11 is 0. The molecular formula is C9H21NO3. The molecule has 0 spiro atoms. The van der Waals surface area contributed by atoms with E-state index in [2.05, 4.69) is 6.92 Å². The number of rotatable bonds is 6. The molecule has 0 heterocycles. The van der Waals surface area contributed by atoms with Crippen LogP contribution in [-0.4, -0.2) is 50.3 Å². The van der Waals surface area contributed by atoms with Crippen molar-refractivity contribution in [2.75, 3.05) is 33.9 Å². The molecule has 1 N–H and O–H groups in total. The molecule has 0 aliphatic rings. The molecule has 0 saturated heterocycles. The molecule has 13 heavy (non-hydrogen) atoms. The van der Waals surface area contributed by atoms with Gasteiger partial charge in [-0.3, -0.25) is 4.79 Å². The van der Waals surface area contributed by atoms with Gasteiger partial charge in [-0.2, -0.15) is 0 Å². The third-order valence-corrected chi connectivity index (χ3v) is 1.09. The highest BCUT2D eigenvalue weighted by atomic mass is 16.5. The zero-order valence-electron chi connectivity index (χ0n) is 8.82. The van der Waals surface area contributed by atoms with E-state index >= 15 is 0 Å². The van der Waals surface area contributed by atoms with Crippen LogP contribution in [0.4, 0.5) is 0 Å². The maximum absolute atomic E-state index is 9.43. The van der Waals surface area contributed by atoms with Crippen molar-refractivity contribution < 1.29 is 14.6 Å². The summed E-state index contributed by atoms with van der Waals surface area (Å²) in [7, 11) is 3.38. The summed E-state index contributed by atoms with van der Waals surface area (Å²) in [6.45, 7) is 3.53. The first-order valence-electron chi connectivity index (χ1n) is 4.49. The van der Waals surface area contributed by atoms with Gasteiger partial charge in [0.1, 0.15) is 0 Å². The number of unbranched alkanes of at least 4 members (excludes halogenated alkanes) is 1. The SMILES string of the molecule is CCCCOCCO.CN(C)C=O. The van der Waals surface area contributed by atoms with Crippen molar-refractivity contribution in [3.63, 3.8) is 0 Å². The molecule has 0 unspecified atom stereocenters. The van der Waals surface area contributed by atoms with Crippen LogP contribution < -0.4 is 0 Å². The molecule has 0 aromatic rings. The Kier molecular flexibility index (Phi) is 16.0. The minimum Gasteiger partial charge on any atom is -0.394 e. The first-order chi connectivity index (χ1) is 6.18. The molecule has 80 valence electrons. The highest BCUT2D eigenvalue weighted by Gasteiger charge is 1.82. The smallest absolute Gasteiger partial charge is 0.209 e. The molecule has 0 radical (unpaired) electrons. The average molecular weight is 191 g/mol. The maximum Gasteiger partial charge on any atom is 0.209 e. The average Bonchev–Trinajstić information content (AvgIpc) is 2.14. The second-order valence-electron chi connectivity index (χ2n) is 2.76. The third-order valence-electron chi connectivity index (χ3n) is 1.09. The summed E-state index contributed by atoms with van der Waals surface area (Å²) in [5.74, 6) is 0. The second kappa shape index (κ2) is 13.9. The number of nitrogens with zero attached hydrogens (tertiary/aromatic N) is 1. The molecule has 0 aliphatic carbocycles. The van der Waals surface area contributed by atoms with E-state index < -0.39 is 0 Å². The van der Waals surface area contributed by atoms with Gasteiger partial charge in [0, 0.05) is 20.7 Å². The van der Waals surface area contributed by atoms with Crippen LogP contribution in [0, 0.1) is 0 Å². The van der Waals surface area contributed by atoms with Crippen LogP contribution in [0.2, 0.25) is 0 Å². The van der Waals surface area contributed by atoms with E-state index in [9.17, 15) is 4.79 Å². The van der Waals surface area contributed by atoms with Crippen molar-refractivity contribution in [2.24, 2.45) is 0 Å². The molecule has 0 aromatic heterocycles. The van der Waals surface area contributed by atoms with Crippen molar-refractivity contribution in [3.8, 4) is 0 Å². The van der Waals surface area contributed by atoms with Crippen molar-refractivity contribution in [1.29, 1.82) is 0 Å². The Morgan fingerprint density at radius 3 is 2.23 bits per heavy atom. The second-order valence-corrected chi connectivity index (χ2v) is 2.76. The molecule has 0 saturated carbocycles. The predicted octanol–water partition coefficient (Wildman–Crippen LogP) is 0.500. The first-order valence-corrected chi connectivity index (χ1v) is 4.49.